The molecule has 0 bridgehead atoms. The summed E-state index contributed by atoms with van der Waals surface area (Å²) >= 11 is 0. The number of hydrogen-bond donors (Lipinski definition) is 2. The summed E-state index contributed by atoms with van der Waals surface area (Å²) in [6, 6.07) is 0.0675. The summed E-state index contributed by atoms with van der Waals surface area (Å²) in [6.45, 7) is 3.01. The molecule has 0 aromatic heterocycles. The SMILES string of the molecule is CCS(=O)CCNS(=O)(=O)CC1CCCCN1. The Morgan fingerprint density at radius 3 is 2.76 bits per heavy atom. The van der Waals surface area contributed by atoms with Crippen LogP contribution >= 0.6 is 0 Å². The third-order valence-corrected chi connectivity index (χ3v) is 5.60. The molecule has 2 atom stereocenters. The highest BCUT2D eigenvalue weighted by Crippen LogP contribution is 2.08. The van der Waals surface area contributed by atoms with Crippen molar-refractivity contribution in [1.29, 1.82) is 0 Å². The van der Waals surface area contributed by atoms with Crippen LogP contribution in [0.15, 0.2) is 0 Å². The minimum atomic E-state index is -3.23. The maximum absolute atomic E-state index is 11.7. The highest BCUT2D eigenvalue weighted by atomic mass is 32.2. The highest BCUT2D eigenvalue weighted by Gasteiger charge is 2.20. The molecular weight excluding hydrogens is 260 g/mol. The molecule has 1 fully saturated rings. The predicted octanol–water partition coefficient (Wildman–Crippen LogP) is -0.183. The normalized spacial score (nSPS) is 23.5. The zero-order valence-electron chi connectivity index (χ0n) is 10.3. The Bertz CT molecular complexity index is 337. The molecule has 0 spiro atoms. The van der Waals surface area contributed by atoms with Gasteiger partial charge in [-0.2, -0.15) is 0 Å². The van der Waals surface area contributed by atoms with E-state index in [0.29, 0.717) is 11.5 Å². The summed E-state index contributed by atoms with van der Waals surface area (Å²) in [5.41, 5.74) is 0. The van der Waals surface area contributed by atoms with E-state index in [1.807, 2.05) is 6.92 Å². The number of hydrogen-bond acceptors (Lipinski definition) is 4. The number of nitrogens with one attached hydrogen (secondary N) is 2. The first kappa shape index (κ1) is 15.1. The van der Waals surface area contributed by atoms with Crippen molar-refractivity contribution in [3.63, 3.8) is 0 Å². The highest BCUT2D eigenvalue weighted by molar-refractivity contribution is 7.89. The molecule has 0 radical (unpaired) electrons. The molecule has 1 aliphatic rings. The first-order valence-corrected chi connectivity index (χ1v) is 9.23. The van der Waals surface area contributed by atoms with Crippen molar-refractivity contribution in [2.75, 3.05) is 30.3 Å². The second-order valence-electron chi connectivity index (χ2n) is 4.26. The summed E-state index contributed by atoms with van der Waals surface area (Å²) < 4.78 is 37.1. The average molecular weight is 282 g/mol. The van der Waals surface area contributed by atoms with Gasteiger partial charge in [-0.15, -0.1) is 0 Å². The number of sulfonamides is 1. The fourth-order valence-corrected chi connectivity index (χ4v) is 3.94. The van der Waals surface area contributed by atoms with E-state index in [4.69, 9.17) is 0 Å². The molecule has 0 aromatic rings. The molecule has 2 N–H and O–H groups in total. The van der Waals surface area contributed by atoms with E-state index in [9.17, 15) is 12.6 Å². The van der Waals surface area contributed by atoms with Crippen molar-refractivity contribution in [1.82, 2.24) is 10.0 Å². The van der Waals surface area contributed by atoms with Crippen LogP contribution in [0.3, 0.4) is 0 Å². The van der Waals surface area contributed by atoms with Gasteiger partial charge in [-0.1, -0.05) is 13.3 Å². The lowest BCUT2D eigenvalue weighted by Crippen LogP contribution is -2.43. The molecule has 17 heavy (non-hydrogen) atoms. The third kappa shape index (κ3) is 6.49. The Hall–Kier alpha value is 0.0200. The molecule has 102 valence electrons. The summed E-state index contributed by atoms with van der Waals surface area (Å²) in [7, 11) is -4.14. The third-order valence-electron chi connectivity index (χ3n) is 2.81. The van der Waals surface area contributed by atoms with Crippen LogP contribution < -0.4 is 10.0 Å². The van der Waals surface area contributed by atoms with Crippen LogP contribution in [0.4, 0.5) is 0 Å². The molecule has 7 heteroatoms. The van der Waals surface area contributed by atoms with Crippen molar-refractivity contribution < 1.29 is 12.6 Å². The van der Waals surface area contributed by atoms with Gasteiger partial charge in [-0.25, -0.2) is 13.1 Å². The van der Waals surface area contributed by atoms with Crippen molar-refractivity contribution in [3.05, 3.63) is 0 Å². The molecule has 1 saturated heterocycles. The van der Waals surface area contributed by atoms with Crippen LogP contribution in [-0.4, -0.2) is 49.0 Å². The molecule has 1 heterocycles. The maximum Gasteiger partial charge on any atom is 0.213 e. The molecule has 0 amide bonds. The van der Waals surface area contributed by atoms with Gasteiger partial charge in [0.2, 0.25) is 10.0 Å². The Kier molecular flexibility index (Phi) is 6.61. The van der Waals surface area contributed by atoms with Crippen molar-refractivity contribution in [3.8, 4) is 0 Å². The molecule has 0 saturated carbocycles. The summed E-state index contributed by atoms with van der Waals surface area (Å²) in [5, 5.41) is 3.21. The summed E-state index contributed by atoms with van der Waals surface area (Å²) in [5.74, 6) is 1.10. The van der Waals surface area contributed by atoms with E-state index >= 15 is 0 Å². The molecule has 0 aliphatic carbocycles. The van der Waals surface area contributed by atoms with Crippen LogP contribution in [0, 0.1) is 0 Å². The van der Waals surface area contributed by atoms with E-state index in [-0.39, 0.29) is 18.3 Å². The van der Waals surface area contributed by atoms with Crippen molar-refractivity contribution >= 4 is 20.8 Å². The van der Waals surface area contributed by atoms with E-state index in [1.54, 1.807) is 0 Å². The fraction of sp³-hybridized carbons (Fsp3) is 1.00. The first-order valence-electron chi connectivity index (χ1n) is 6.09. The van der Waals surface area contributed by atoms with Crippen LogP contribution in [0.25, 0.3) is 0 Å². The van der Waals surface area contributed by atoms with Gasteiger partial charge in [0.25, 0.3) is 0 Å². The molecule has 1 aliphatic heterocycles. The topological polar surface area (TPSA) is 75.3 Å². The largest absolute Gasteiger partial charge is 0.313 e. The molecular formula is C10H22N2O3S2. The lowest BCUT2D eigenvalue weighted by Gasteiger charge is -2.23. The number of rotatable bonds is 7. The molecule has 0 aromatic carbocycles. The minimum Gasteiger partial charge on any atom is -0.313 e. The van der Waals surface area contributed by atoms with Crippen LogP contribution in [0.2, 0.25) is 0 Å². The standard InChI is InChI=1S/C10H22N2O3S2/c1-2-16(13)8-7-12-17(14,15)9-10-5-3-4-6-11-10/h10-12H,2-9H2,1H3. The second-order valence-corrected chi connectivity index (χ2v) is 7.97. The van der Waals surface area contributed by atoms with Crippen LogP contribution in [-0.2, 0) is 20.8 Å². The van der Waals surface area contributed by atoms with Gasteiger partial charge in [-0.05, 0) is 19.4 Å². The van der Waals surface area contributed by atoms with E-state index in [2.05, 4.69) is 10.0 Å². The van der Waals surface area contributed by atoms with Gasteiger partial charge in [0.05, 0.1) is 5.75 Å². The molecule has 5 nitrogen and oxygen atoms in total. The molecule has 1 rings (SSSR count). The molecule has 2 unspecified atom stereocenters. The smallest absolute Gasteiger partial charge is 0.213 e. The summed E-state index contributed by atoms with van der Waals surface area (Å²) in [4.78, 5) is 0. The lowest BCUT2D eigenvalue weighted by molar-refractivity contribution is 0.422. The zero-order chi connectivity index (χ0) is 12.7. The van der Waals surface area contributed by atoms with Crippen LogP contribution in [0.5, 0.6) is 0 Å². The summed E-state index contributed by atoms with van der Waals surface area (Å²) in [6.07, 6.45) is 3.13. The van der Waals surface area contributed by atoms with Gasteiger partial charge in [-0.3, -0.25) is 4.21 Å². The Balaban J connectivity index is 2.27. The second kappa shape index (κ2) is 7.45. The zero-order valence-corrected chi connectivity index (χ0v) is 11.9. The Morgan fingerprint density at radius 1 is 1.41 bits per heavy atom. The average Bonchev–Trinajstić information content (AvgIpc) is 2.29. The van der Waals surface area contributed by atoms with Gasteiger partial charge in [0.15, 0.2) is 0 Å². The van der Waals surface area contributed by atoms with Crippen molar-refractivity contribution in [2.45, 2.75) is 32.2 Å². The minimum absolute atomic E-state index is 0.0675. The first-order chi connectivity index (χ1) is 8.03. The van der Waals surface area contributed by atoms with Gasteiger partial charge >= 0.3 is 0 Å². The maximum atomic E-state index is 11.7. The monoisotopic (exact) mass is 282 g/mol. The van der Waals surface area contributed by atoms with Crippen molar-refractivity contribution in [2.24, 2.45) is 0 Å². The lowest BCUT2D eigenvalue weighted by atomic mass is 10.1. The van der Waals surface area contributed by atoms with E-state index in [0.717, 1.165) is 25.8 Å². The van der Waals surface area contributed by atoms with Gasteiger partial charge < -0.3 is 5.32 Å². The van der Waals surface area contributed by atoms with Gasteiger partial charge in [0, 0.05) is 34.9 Å². The van der Waals surface area contributed by atoms with Crippen LogP contribution in [0.1, 0.15) is 26.2 Å². The Morgan fingerprint density at radius 2 is 2.18 bits per heavy atom. The van der Waals surface area contributed by atoms with E-state index in [1.165, 1.54) is 0 Å². The fourth-order valence-electron chi connectivity index (χ4n) is 1.85. The van der Waals surface area contributed by atoms with E-state index < -0.39 is 20.8 Å². The van der Waals surface area contributed by atoms with Gasteiger partial charge in [0.1, 0.15) is 0 Å². The Labute approximate surface area is 106 Å². The predicted molar refractivity (Wildman–Crippen MR) is 71.0 cm³/mol. The number of piperidine rings is 1. The quantitative estimate of drug-likeness (QED) is 0.679.